The second-order valence-electron chi connectivity index (χ2n) is 4.50. The highest BCUT2D eigenvalue weighted by Gasteiger charge is 2.29. The number of rotatable bonds is 6. The molecule has 0 bridgehead atoms. The third-order valence-corrected chi connectivity index (χ3v) is 2.67. The van der Waals surface area contributed by atoms with Crippen molar-refractivity contribution < 1.29 is 22.8 Å². The maximum absolute atomic E-state index is 12.4. The summed E-state index contributed by atoms with van der Waals surface area (Å²) >= 11 is 0. The molecule has 116 valence electrons. The maximum Gasteiger partial charge on any atom is 0.416 e. The molecule has 0 aliphatic rings. The number of hydrogen-bond donors (Lipinski definition) is 2. The molecule has 1 aromatic rings. The Balaban J connectivity index is 2.46. The van der Waals surface area contributed by atoms with Crippen molar-refractivity contribution in [2.45, 2.75) is 32.4 Å². The molecule has 0 radical (unpaired) electrons. The predicted molar refractivity (Wildman–Crippen MR) is 72.6 cm³/mol. The maximum atomic E-state index is 12.4. The number of benzene rings is 1. The summed E-state index contributed by atoms with van der Waals surface area (Å²) in [5, 5.41) is 4.96. The van der Waals surface area contributed by atoms with Gasteiger partial charge in [-0.05, 0) is 30.7 Å². The fourth-order valence-corrected chi connectivity index (χ4v) is 1.56. The smallest absolute Gasteiger partial charge is 0.356 e. The SMILES string of the molecule is CCCCNC(=O)CC(=O)Nc1ccc(C(F)(F)F)cc1. The van der Waals surface area contributed by atoms with E-state index in [-0.39, 0.29) is 12.1 Å². The highest BCUT2D eigenvalue weighted by atomic mass is 19.4. The van der Waals surface area contributed by atoms with Gasteiger partial charge in [0.15, 0.2) is 0 Å². The first-order chi connectivity index (χ1) is 9.82. The predicted octanol–water partition coefficient (Wildman–Crippen LogP) is 2.95. The van der Waals surface area contributed by atoms with Gasteiger partial charge < -0.3 is 10.6 Å². The summed E-state index contributed by atoms with van der Waals surface area (Å²) in [6.45, 7) is 2.48. The van der Waals surface area contributed by atoms with Crippen LogP contribution in [-0.2, 0) is 15.8 Å². The Kier molecular flexibility index (Phi) is 6.20. The largest absolute Gasteiger partial charge is 0.416 e. The molecule has 0 saturated carbocycles. The topological polar surface area (TPSA) is 58.2 Å². The lowest BCUT2D eigenvalue weighted by molar-refractivity contribution is -0.137. The van der Waals surface area contributed by atoms with Gasteiger partial charge in [-0.2, -0.15) is 13.2 Å². The lowest BCUT2D eigenvalue weighted by Crippen LogP contribution is -2.28. The number of nitrogens with one attached hydrogen (secondary N) is 2. The molecule has 1 aromatic carbocycles. The monoisotopic (exact) mass is 302 g/mol. The lowest BCUT2D eigenvalue weighted by Gasteiger charge is -2.09. The van der Waals surface area contributed by atoms with Crippen molar-refractivity contribution in [2.75, 3.05) is 11.9 Å². The van der Waals surface area contributed by atoms with Gasteiger partial charge in [0.2, 0.25) is 11.8 Å². The normalized spacial score (nSPS) is 11.0. The van der Waals surface area contributed by atoms with E-state index < -0.39 is 23.6 Å². The Hall–Kier alpha value is -2.05. The molecule has 0 spiro atoms. The van der Waals surface area contributed by atoms with Crippen molar-refractivity contribution in [3.05, 3.63) is 29.8 Å². The van der Waals surface area contributed by atoms with Gasteiger partial charge in [0, 0.05) is 12.2 Å². The highest BCUT2D eigenvalue weighted by molar-refractivity contribution is 6.03. The summed E-state index contributed by atoms with van der Waals surface area (Å²) in [4.78, 5) is 22.9. The summed E-state index contributed by atoms with van der Waals surface area (Å²) in [6, 6.07) is 4.04. The Morgan fingerprint density at radius 3 is 2.24 bits per heavy atom. The summed E-state index contributed by atoms with van der Waals surface area (Å²) in [6.07, 6.45) is -3.02. The number of carbonyl (C=O) groups is 2. The van der Waals surface area contributed by atoms with Crippen LogP contribution in [0.5, 0.6) is 0 Å². The molecular weight excluding hydrogens is 285 g/mol. The number of hydrogen-bond acceptors (Lipinski definition) is 2. The van der Waals surface area contributed by atoms with Crippen LogP contribution in [0.1, 0.15) is 31.7 Å². The fourth-order valence-electron chi connectivity index (χ4n) is 1.56. The van der Waals surface area contributed by atoms with Gasteiger partial charge in [-0.1, -0.05) is 13.3 Å². The van der Waals surface area contributed by atoms with E-state index in [2.05, 4.69) is 10.6 Å². The minimum absolute atomic E-state index is 0.217. The molecule has 7 heteroatoms. The molecule has 2 N–H and O–H groups in total. The molecule has 0 fully saturated rings. The average Bonchev–Trinajstić information content (AvgIpc) is 2.38. The molecule has 0 heterocycles. The molecule has 21 heavy (non-hydrogen) atoms. The molecule has 2 amide bonds. The van der Waals surface area contributed by atoms with Crippen molar-refractivity contribution in [2.24, 2.45) is 0 Å². The number of amides is 2. The molecule has 0 atom stereocenters. The molecule has 4 nitrogen and oxygen atoms in total. The second-order valence-corrected chi connectivity index (χ2v) is 4.50. The minimum Gasteiger partial charge on any atom is -0.356 e. The van der Waals surface area contributed by atoms with E-state index in [0.29, 0.717) is 6.54 Å². The summed E-state index contributed by atoms with van der Waals surface area (Å²) in [7, 11) is 0. The molecule has 0 saturated heterocycles. The van der Waals surface area contributed by atoms with Crippen molar-refractivity contribution in [1.29, 1.82) is 0 Å². The Morgan fingerprint density at radius 2 is 1.71 bits per heavy atom. The zero-order valence-corrected chi connectivity index (χ0v) is 11.6. The van der Waals surface area contributed by atoms with Gasteiger partial charge in [0.1, 0.15) is 6.42 Å². The zero-order valence-electron chi connectivity index (χ0n) is 11.6. The number of unbranched alkanes of at least 4 members (excludes halogenated alkanes) is 1. The number of alkyl halides is 3. The van der Waals surface area contributed by atoms with Crippen LogP contribution in [0.15, 0.2) is 24.3 Å². The number of anilines is 1. The number of halogens is 3. The minimum atomic E-state index is -4.41. The molecule has 1 rings (SSSR count). The van der Waals surface area contributed by atoms with Crippen LogP contribution in [0.25, 0.3) is 0 Å². The Labute approximate surface area is 120 Å². The van der Waals surface area contributed by atoms with E-state index in [1.54, 1.807) is 0 Å². The molecule has 0 aliphatic heterocycles. The average molecular weight is 302 g/mol. The van der Waals surface area contributed by atoms with Crippen LogP contribution in [-0.4, -0.2) is 18.4 Å². The molecule has 0 unspecified atom stereocenters. The van der Waals surface area contributed by atoms with E-state index in [0.717, 1.165) is 37.1 Å². The van der Waals surface area contributed by atoms with Gasteiger partial charge in [-0.15, -0.1) is 0 Å². The molecule has 0 aliphatic carbocycles. The van der Waals surface area contributed by atoms with Crippen molar-refractivity contribution in [3.63, 3.8) is 0 Å². The molecular formula is C14H17F3N2O2. The summed E-state index contributed by atoms with van der Waals surface area (Å²) in [5.41, 5.74) is -0.577. The Bertz CT molecular complexity index is 484. The van der Waals surface area contributed by atoms with Crippen LogP contribution >= 0.6 is 0 Å². The highest BCUT2D eigenvalue weighted by Crippen LogP contribution is 2.29. The van der Waals surface area contributed by atoms with Crippen LogP contribution < -0.4 is 10.6 Å². The van der Waals surface area contributed by atoms with E-state index in [9.17, 15) is 22.8 Å². The number of carbonyl (C=O) groups excluding carboxylic acids is 2. The summed E-state index contributed by atoms with van der Waals surface area (Å²) < 4.78 is 37.1. The van der Waals surface area contributed by atoms with Gasteiger partial charge in [0.05, 0.1) is 5.56 Å². The van der Waals surface area contributed by atoms with E-state index in [1.807, 2.05) is 6.92 Å². The first-order valence-corrected chi connectivity index (χ1v) is 6.56. The fraction of sp³-hybridized carbons (Fsp3) is 0.429. The molecule has 0 aromatic heterocycles. The first kappa shape index (κ1) is 17.0. The third kappa shape index (κ3) is 6.29. The third-order valence-electron chi connectivity index (χ3n) is 2.67. The quantitative estimate of drug-likeness (QED) is 0.627. The van der Waals surface area contributed by atoms with E-state index in [4.69, 9.17) is 0 Å². The standard InChI is InChI=1S/C14H17F3N2O2/c1-2-3-8-18-12(20)9-13(21)19-11-6-4-10(5-7-11)14(15,16)17/h4-7H,2-3,8-9H2,1H3,(H,18,20)(H,19,21). The van der Waals surface area contributed by atoms with Gasteiger partial charge in [-0.25, -0.2) is 0 Å². The second kappa shape index (κ2) is 7.66. The van der Waals surface area contributed by atoms with Gasteiger partial charge >= 0.3 is 6.18 Å². The first-order valence-electron chi connectivity index (χ1n) is 6.56. The van der Waals surface area contributed by atoms with Crippen LogP contribution in [0.4, 0.5) is 18.9 Å². The van der Waals surface area contributed by atoms with Crippen molar-refractivity contribution in [1.82, 2.24) is 5.32 Å². The van der Waals surface area contributed by atoms with Gasteiger partial charge in [0.25, 0.3) is 0 Å². The van der Waals surface area contributed by atoms with Crippen molar-refractivity contribution in [3.8, 4) is 0 Å². The van der Waals surface area contributed by atoms with Crippen molar-refractivity contribution >= 4 is 17.5 Å². The van der Waals surface area contributed by atoms with Gasteiger partial charge in [-0.3, -0.25) is 9.59 Å². The zero-order chi connectivity index (χ0) is 15.9. The lowest BCUT2D eigenvalue weighted by atomic mass is 10.2. The van der Waals surface area contributed by atoms with Crippen LogP contribution in [0.2, 0.25) is 0 Å². The Morgan fingerprint density at radius 1 is 1.10 bits per heavy atom. The van der Waals surface area contributed by atoms with E-state index >= 15 is 0 Å². The van der Waals surface area contributed by atoms with Crippen LogP contribution in [0, 0.1) is 0 Å². The van der Waals surface area contributed by atoms with E-state index in [1.165, 1.54) is 0 Å². The van der Waals surface area contributed by atoms with Crippen LogP contribution in [0.3, 0.4) is 0 Å². The summed E-state index contributed by atoms with van der Waals surface area (Å²) in [5.74, 6) is -0.975.